The first kappa shape index (κ1) is 9.72. The van der Waals surface area contributed by atoms with E-state index in [4.69, 9.17) is 0 Å². The van der Waals surface area contributed by atoms with Crippen LogP contribution < -0.4 is 0 Å². The molecule has 0 spiro atoms. The van der Waals surface area contributed by atoms with Crippen LogP contribution in [0.4, 0.5) is 0 Å². The normalized spacial score (nSPS) is 19.9. The highest BCUT2D eigenvalue weighted by molar-refractivity contribution is 5.77. The van der Waals surface area contributed by atoms with E-state index in [1.807, 2.05) is 0 Å². The maximum absolute atomic E-state index is 10.9. The third-order valence-corrected chi connectivity index (χ3v) is 2.67. The Hall–Kier alpha value is -0.370. The molecule has 0 saturated heterocycles. The van der Waals surface area contributed by atoms with Crippen molar-refractivity contribution in [3.8, 4) is 0 Å². The molecule has 1 fully saturated rings. The van der Waals surface area contributed by atoms with Crippen LogP contribution in [0.2, 0.25) is 0 Å². The van der Waals surface area contributed by atoms with Gasteiger partial charge in [-0.05, 0) is 26.8 Å². The number of Topliss-reactive ketones (excluding diaryl/α,β-unsaturated/α-hetero) is 1. The smallest absolute Gasteiger partial charge is 0.143 e. The Morgan fingerprint density at radius 2 is 1.92 bits per heavy atom. The van der Waals surface area contributed by atoms with E-state index in [0.717, 1.165) is 0 Å². The number of ketones is 1. The van der Waals surface area contributed by atoms with Crippen LogP contribution in [0.25, 0.3) is 0 Å². The van der Waals surface area contributed by atoms with Crippen molar-refractivity contribution in [2.75, 3.05) is 13.6 Å². The average molecular weight is 169 g/mol. The van der Waals surface area contributed by atoms with Gasteiger partial charge in [-0.25, -0.2) is 0 Å². The maximum atomic E-state index is 10.9. The fraction of sp³-hybridized carbons (Fsp3) is 0.900. The molecule has 0 bridgehead atoms. The summed E-state index contributed by atoms with van der Waals surface area (Å²) >= 11 is 0. The first-order valence-corrected chi connectivity index (χ1v) is 4.90. The Labute approximate surface area is 74.9 Å². The van der Waals surface area contributed by atoms with E-state index >= 15 is 0 Å². The van der Waals surface area contributed by atoms with Gasteiger partial charge in [0.25, 0.3) is 0 Å². The first-order valence-electron chi connectivity index (χ1n) is 4.90. The number of hydrogen-bond acceptors (Lipinski definition) is 2. The summed E-state index contributed by atoms with van der Waals surface area (Å²) in [5.74, 6) is 0.281. The predicted molar refractivity (Wildman–Crippen MR) is 50.2 cm³/mol. The summed E-state index contributed by atoms with van der Waals surface area (Å²) in [7, 11) is 2.07. The van der Waals surface area contributed by atoms with Gasteiger partial charge in [-0.1, -0.05) is 19.3 Å². The van der Waals surface area contributed by atoms with Gasteiger partial charge in [-0.15, -0.1) is 0 Å². The second-order valence-corrected chi connectivity index (χ2v) is 3.91. The summed E-state index contributed by atoms with van der Waals surface area (Å²) in [6.45, 7) is 2.30. The van der Waals surface area contributed by atoms with Crippen molar-refractivity contribution >= 4 is 5.78 Å². The molecule has 0 aromatic carbocycles. The minimum absolute atomic E-state index is 0.281. The third kappa shape index (κ3) is 2.94. The van der Waals surface area contributed by atoms with Crippen molar-refractivity contribution in [3.63, 3.8) is 0 Å². The van der Waals surface area contributed by atoms with E-state index in [-0.39, 0.29) is 5.78 Å². The molecule has 70 valence electrons. The van der Waals surface area contributed by atoms with E-state index in [0.29, 0.717) is 12.6 Å². The van der Waals surface area contributed by atoms with Crippen molar-refractivity contribution in [1.29, 1.82) is 0 Å². The van der Waals surface area contributed by atoms with Gasteiger partial charge < -0.3 is 0 Å². The van der Waals surface area contributed by atoms with Crippen LogP contribution in [0.5, 0.6) is 0 Å². The molecule has 12 heavy (non-hydrogen) atoms. The topological polar surface area (TPSA) is 20.3 Å². The lowest BCUT2D eigenvalue weighted by Crippen LogP contribution is -2.36. The van der Waals surface area contributed by atoms with Gasteiger partial charge in [0.1, 0.15) is 5.78 Å². The predicted octanol–water partition coefficient (Wildman–Crippen LogP) is 1.84. The highest BCUT2D eigenvalue weighted by Gasteiger charge is 2.18. The molecule has 0 aliphatic heterocycles. The summed E-state index contributed by atoms with van der Waals surface area (Å²) < 4.78 is 0. The van der Waals surface area contributed by atoms with Crippen LogP contribution in [-0.4, -0.2) is 30.3 Å². The van der Waals surface area contributed by atoms with Crippen LogP contribution in [0.15, 0.2) is 0 Å². The zero-order valence-corrected chi connectivity index (χ0v) is 8.18. The summed E-state index contributed by atoms with van der Waals surface area (Å²) in [4.78, 5) is 13.1. The van der Waals surface area contributed by atoms with Crippen molar-refractivity contribution < 1.29 is 4.79 Å². The molecular formula is C10H19NO. The molecule has 2 nitrogen and oxygen atoms in total. The second-order valence-electron chi connectivity index (χ2n) is 3.91. The molecule has 0 N–H and O–H groups in total. The lowest BCUT2D eigenvalue weighted by atomic mass is 9.94. The van der Waals surface area contributed by atoms with Gasteiger partial charge in [0, 0.05) is 6.04 Å². The molecule has 0 unspecified atom stereocenters. The minimum atomic E-state index is 0.281. The van der Waals surface area contributed by atoms with E-state index in [2.05, 4.69) is 11.9 Å². The van der Waals surface area contributed by atoms with Crippen molar-refractivity contribution in [2.45, 2.75) is 45.1 Å². The van der Waals surface area contributed by atoms with Gasteiger partial charge in [0.15, 0.2) is 0 Å². The van der Waals surface area contributed by atoms with Crippen LogP contribution in [-0.2, 0) is 4.79 Å². The number of hydrogen-bond donors (Lipinski definition) is 0. The molecule has 1 saturated carbocycles. The minimum Gasteiger partial charge on any atom is -0.299 e. The molecule has 1 rings (SSSR count). The molecule has 0 aromatic rings. The van der Waals surface area contributed by atoms with E-state index in [1.54, 1.807) is 6.92 Å². The Balaban J connectivity index is 2.29. The highest BCUT2D eigenvalue weighted by Crippen LogP contribution is 2.21. The number of nitrogens with zero attached hydrogens (tertiary/aromatic N) is 1. The molecule has 1 aliphatic carbocycles. The maximum Gasteiger partial charge on any atom is 0.143 e. The zero-order valence-electron chi connectivity index (χ0n) is 8.18. The van der Waals surface area contributed by atoms with Crippen molar-refractivity contribution in [2.24, 2.45) is 0 Å². The summed E-state index contributed by atoms with van der Waals surface area (Å²) in [6.07, 6.45) is 6.62. The quantitative estimate of drug-likeness (QED) is 0.642. The van der Waals surface area contributed by atoms with Gasteiger partial charge >= 0.3 is 0 Å². The Kier molecular flexibility index (Phi) is 3.73. The number of carbonyl (C=O) groups excluding carboxylic acids is 1. The lowest BCUT2D eigenvalue weighted by Gasteiger charge is -2.30. The SMILES string of the molecule is CC(=O)CN(C)C1CCCCC1. The number of likely N-dealkylation sites (N-methyl/N-ethyl adjacent to an activating group) is 1. The largest absolute Gasteiger partial charge is 0.299 e. The van der Waals surface area contributed by atoms with Crippen molar-refractivity contribution in [3.05, 3.63) is 0 Å². The summed E-state index contributed by atoms with van der Waals surface area (Å²) in [6, 6.07) is 0.669. The molecule has 0 amide bonds. The number of carbonyl (C=O) groups is 1. The fourth-order valence-electron chi connectivity index (χ4n) is 2.00. The first-order chi connectivity index (χ1) is 5.70. The van der Waals surface area contributed by atoms with Gasteiger partial charge in [0.2, 0.25) is 0 Å². The average Bonchev–Trinajstić information content (AvgIpc) is 2.05. The Morgan fingerprint density at radius 3 is 2.42 bits per heavy atom. The van der Waals surface area contributed by atoms with Gasteiger partial charge in [-0.3, -0.25) is 9.69 Å². The highest BCUT2D eigenvalue weighted by atomic mass is 16.1. The van der Waals surface area contributed by atoms with Gasteiger partial charge in [-0.2, -0.15) is 0 Å². The molecule has 2 heteroatoms. The standard InChI is InChI=1S/C10H19NO/c1-9(12)8-11(2)10-6-4-3-5-7-10/h10H,3-8H2,1-2H3. The monoisotopic (exact) mass is 169 g/mol. The summed E-state index contributed by atoms with van der Waals surface area (Å²) in [5.41, 5.74) is 0. The third-order valence-electron chi connectivity index (χ3n) is 2.67. The summed E-state index contributed by atoms with van der Waals surface area (Å²) in [5, 5.41) is 0. The Morgan fingerprint density at radius 1 is 1.33 bits per heavy atom. The van der Waals surface area contributed by atoms with Crippen LogP contribution in [0.1, 0.15) is 39.0 Å². The molecule has 0 atom stereocenters. The Bertz CT molecular complexity index is 150. The van der Waals surface area contributed by atoms with E-state index in [1.165, 1.54) is 32.1 Å². The van der Waals surface area contributed by atoms with E-state index < -0.39 is 0 Å². The van der Waals surface area contributed by atoms with Crippen LogP contribution >= 0.6 is 0 Å². The molecule has 0 aromatic heterocycles. The van der Waals surface area contributed by atoms with Crippen molar-refractivity contribution in [1.82, 2.24) is 4.90 Å². The lowest BCUT2D eigenvalue weighted by molar-refractivity contribution is -0.118. The fourth-order valence-corrected chi connectivity index (χ4v) is 2.00. The molecule has 0 heterocycles. The van der Waals surface area contributed by atoms with Gasteiger partial charge in [0.05, 0.1) is 6.54 Å². The zero-order chi connectivity index (χ0) is 8.97. The second kappa shape index (κ2) is 4.61. The van der Waals surface area contributed by atoms with Crippen LogP contribution in [0, 0.1) is 0 Å². The number of rotatable bonds is 3. The molecule has 0 radical (unpaired) electrons. The molecular weight excluding hydrogens is 150 g/mol. The van der Waals surface area contributed by atoms with E-state index in [9.17, 15) is 4.79 Å². The molecule has 1 aliphatic rings. The van der Waals surface area contributed by atoms with Crippen LogP contribution in [0.3, 0.4) is 0 Å².